The number of carbonyl (C=O) groups excluding carboxylic acids is 1. The van der Waals surface area contributed by atoms with Crippen molar-refractivity contribution in [2.75, 3.05) is 0 Å². The van der Waals surface area contributed by atoms with Crippen molar-refractivity contribution in [2.45, 2.75) is 11.2 Å². The SMILES string of the molecule is C=CC(=O)C(S)(CC(=O)O)C(=O)O. The van der Waals surface area contributed by atoms with E-state index < -0.39 is 28.9 Å². The summed E-state index contributed by atoms with van der Waals surface area (Å²) in [5.41, 5.74) is 0. The maximum atomic E-state index is 11.0. The molecule has 0 rings (SSSR count). The number of allylic oxidation sites excluding steroid dienone is 1. The van der Waals surface area contributed by atoms with E-state index in [2.05, 4.69) is 19.2 Å². The maximum Gasteiger partial charge on any atom is 0.328 e. The van der Waals surface area contributed by atoms with Crippen LogP contribution in [0.3, 0.4) is 0 Å². The first-order chi connectivity index (χ1) is 5.84. The van der Waals surface area contributed by atoms with Crippen LogP contribution in [0.25, 0.3) is 0 Å². The van der Waals surface area contributed by atoms with E-state index in [-0.39, 0.29) is 0 Å². The van der Waals surface area contributed by atoms with Crippen molar-refractivity contribution in [3.8, 4) is 0 Å². The van der Waals surface area contributed by atoms with Crippen LogP contribution in [0.15, 0.2) is 12.7 Å². The molecule has 72 valence electrons. The monoisotopic (exact) mass is 204 g/mol. The first-order valence-electron chi connectivity index (χ1n) is 3.19. The fraction of sp³-hybridized carbons (Fsp3) is 0.286. The Morgan fingerprint density at radius 1 is 1.38 bits per heavy atom. The van der Waals surface area contributed by atoms with E-state index in [1.807, 2.05) is 0 Å². The second-order valence-corrected chi connectivity index (χ2v) is 3.07. The van der Waals surface area contributed by atoms with Crippen LogP contribution in [-0.2, 0) is 14.4 Å². The zero-order valence-corrected chi connectivity index (χ0v) is 7.45. The second-order valence-electron chi connectivity index (χ2n) is 2.30. The molecular weight excluding hydrogens is 196 g/mol. The molecule has 1 atom stereocenters. The van der Waals surface area contributed by atoms with Gasteiger partial charge in [0, 0.05) is 0 Å². The van der Waals surface area contributed by atoms with Gasteiger partial charge in [0.15, 0.2) is 10.5 Å². The molecule has 1 unspecified atom stereocenters. The van der Waals surface area contributed by atoms with Crippen molar-refractivity contribution in [3.05, 3.63) is 12.7 Å². The Hall–Kier alpha value is -1.30. The zero-order chi connectivity index (χ0) is 10.6. The van der Waals surface area contributed by atoms with E-state index in [1.54, 1.807) is 0 Å². The zero-order valence-electron chi connectivity index (χ0n) is 6.56. The number of hydrogen-bond acceptors (Lipinski definition) is 4. The lowest BCUT2D eigenvalue weighted by molar-refractivity contribution is -0.148. The Bertz CT molecular complexity index is 272. The van der Waals surface area contributed by atoms with Gasteiger partial charge in [-0.25, -0.2) is 0 Å². The van der Waals surface area contributed by atoms with Crippen molar-refractivity contribution < 1.29 is 24.6 Å². The second kappa shape index (κ2) is 4.08. The third kappa shape index (κ3) is 2.59. The van der Waals surface area contributed by atoms with Crippen LogP contribution in [0.2, 0.25) is 0 Å². The van der Waals surface area contributed by atoms with Crippen molar-refractivity contribution in [1.29, 1.82) is 0 Å². The number of carboxylic acids is 2. The van der Waals surface area contributed by atoms with E-state index in [9.17, 15) is 14.4 Å². The Balaban J connectivity index is 4.94. The Morgan fingerprint density at radius 2 is 1.85 bits per heavy atom. The van der Waals surface area contributed by atoms with Crippen LogP contribution in [0.1, 0.15) is 6.42 Å². The molecule has 0 heterocycles. The highest BCUT2D eigenvalue weighted by Gasteiger charge is 2.42. The molecule has 0 saturated carbocycles. The molecule has 0 radical (unpaired) electrons. The average molecular weight is 204 g/mol. The molecule has 0 spiro atoms. The normalized spacial score (nSPS) is 14.2. The van der Waals surface area contributed by atoms with Crippen molar-refractivity contribution in [2.24, 2.45) is 0 Å². The minimum Gasteiger partial charge on any atom is -0.481 e. The van der Waals surface area contributed by atoms with E-state index in [0.717, 1.165) is 6.08 Å². The van der Waals surface area contributed by atoms with Crippen LogP contribution < -0.4 is 0 Å². The molecule has 13 heavy (non-hydrogen) atoms. The van der Waals surface area contributed by atoms with Gasteiger partial charge in [-0.15, -0.1) is 0 Å². The number of ketones is 1. The van der Waals surface area contributed by atoms with Gasteiger partial charge in [0.05, 0.1) is 6.42 Å². The summed E-state index contributed by atoms with van der Waals surface area (Å²) >= 11 is 3.53. The molecule has 0 aromatic rings. The van der Waals surface area contributed by atoms with Crippen molar-refractivity contribution in [1.82, 2.24) is 0 Å². The Kier molecular flexibility index (Phi) is 3.68. The fourth-order valence-corrected chi connectivity index (χ4v) is 0.882. The highest BCUT2D eigenvalue weighted by Crippen LogP contribution is 2.21. The summed E-state index contributed by atoms with van der Waals surface area (Å²) in [5.74, 6) is -3.94. The van der Waals surface area contributed by atoms with E-state index in [0.29, 0.717) is 0 Å². The molecule has 0 saturated heterocycles. The molecule has 0 aromatic heterocycles. The van der Waals surface area contributed by atoms with Crippen molar-refractivity contribution >= 4 is 30.4 Å². The molecule has 0 bridgehead atoms. The number of carbonyl (C=O) groups is 3. The molecule has 0 aromatic carbocycles. The number of rotatable bonds is 5. The molecule has 0 aliphatic carbocycles. The van der Waals surface area contributed by atoms with E-state index in [1.165, 1.54) is 0 Å². The largest absolute Gasteiger partial charge is 0.481 e. The van der Waals surface area contributed by atoms with Crippen LogP contribution in [0.4, 0.5) is 0 Å². The van der Waals surface area contributed by atoms with Gasteiger partial charge in [-0.3, -0.25) is 14.4 Å². The summed E-state index contributed by atoms with van der Waals surface area (Å²) < 4.78 is -2.21. The lowest BCUT2D eigenvalue weighted by atomic mass is 9.99. The lowest BCUT2D eigenvalue weighted by Gasteiger charge is -2.17. The van der Waals surface area contributed by atoms with Crippen LogP contribution in [0, 0.1) is 0 Å². The smallest absolute Gasteiger partial charge is 0.328 e. The van der Waals surface area contributed by atoms with Gasteiger partial charge in [-0.2, -0.15) is 12.6 Å². The number of carboxylic acid groups (broad SMARTS) is 2. The van der Waals surface area contributed by atoms with Gasteiger partial charge in [-0.1, -0.05) is 6.58 Å². The average Bonchev–Trinajstić information content (AvgIpc) is 2.01. The Labute approximate surface area is 79.5 Å². The number of thiol groups is 1. The van der Waals surface area contributed by atoms with Crippen LogP contribution >= 0.6 is 12.6 Å². The molecular formula is C7H8O5S. The van der Waals surface area contributed by atoms with Crippen molar-refractivity contribution in [3.63, 3.8) is 0 Å². The topological polar surface area (TPSA) is 91.7 Å². The van der Waals surface area contributed by atoms with Gasteiger partial charge >= 0.3 is 11.9 Å². The Morgan fingerprint density at radius 3 is 2.08 bits per heavy atom. The predicted octanol–water partition coefficient (Wildman–Crippen LogP) is -0.0306. The third-order valence-corrected chi connectivity index (χ3v) is 1.92. The predicted molar refractivity (Wildman–Crippen MR) is 46.8 cm³/mol. The molecule has 0 aliphatic heterocycles. The van der Waals surface area contributed by atoms with Crippen LogP contribution in [0.5, 0.6) is 0 Å². The summed E-state index contributed by atoms with van der Waals surface area (Å²) in [4.78, 5) is 31.8. The molecule has 0 fully saturated rings. The molecule has 0 aliphatic rings. The molecule has 2 N–H and O–H groups in total. The number of aliphatic carboxylic acids is 2. The molecule has 0 amide bonds. The highest BCUT2D eigenvalue weighted by molar-refractivity contribution is 7.83. The minimum atomic E-state index is -2.21. The van der Waals surface area contributed by atoms with Gasteiger partial charge < -0.3 is 10.2 Å². The summed E-state index contributed by atoms with van der Waals surface area (Å²) in [6.07, 6.45) is -0.139. The minimum absolute atomic E-state index is 0.740. The van der Waals surface area contributed by atoms with Gasteiger partial charge in [0.25, 0.3) is 0 Å². The maximum absolute atomic E-state index is 11.0. The number of hydrogen-bond donors (Lipinski definition) is 3. The summed E-state index contributed by atoms with van der Waals surface area (Å²) in [5, 5.41) is 16.9. The highest BCUT2D eigenvalue weighted by atomic mass is 32.1. The quantitative estimate of drug-likeness (QED) is 0.332. The first kappa shape index (κ1) is 11.7. The van der Waals surface area contributed by atoms with E-state index in [4.69, 9.17) is 10.2 Å². The molecule has 5 nitrogen and oxygen atoms in total. The van der Waals surface area contributed by atoms with Gasteiger partial charge in [0.2, 0.25) is 0 Å². The summed E-state index contributed by atoms with van der Waals surface area (Å²) in [6.45, 7) is 3.06. The fourth-order valence-electron chi connectivity index (χ4n) is 0.656. The first-order valence-corrected chi connectivity index (χ1v) is 3.63. The van der Waals surface area contributed by atoms with Crippen LogP contribution in [-0.4, -0.2) is 32.7 Å². The van der Waals surface area contributed by atoms with Gasteiger partial charge in [0.1, 0.15) is 0 Å². The van der Waals surface area contributed by atoms with E-state index >= 15 is 0 Å². The summed E-state index contributed by atoms with van der Waals surface area (Å²) in [6, 6.07) is 0. The third-order valence-electron chi connectivity index (χ3n) is 1.35. The van der Waals surface area contributed by atoms with Gasteiger partial charge in [-0.05, 0) is 6.08 Å². The lowest BCUT2D eigenvalue weighted by Crippen LogP contribution is -2.42. The standard InChI is InChI=1S/C7H8O5S/c1-2-4(8)7(13,6(11)12)3-5(9)10/h2,13H,1,3H2,(H,9,10)(H,11,12). The summed E-state index contributed by atoms with van der Waals surface area (Å²) in [7, 11) is 0. The molecule has 6 heteroatoms.